The minimum Gasteiger partial charge on any atom is -0.481 e. The SMILES string of the molecule is Cc1ccc(C(N)=[NH+]OC(=O)COc2ccc(Cl)cc2C)cc1. The van der Waals surface area contributed by atoms with Gasteiger partial charge in [-0.05, 0) is 49.7 Å². The van der Waals surface area contributed by atoms with Gasteiger partial charge in [-0.2, -0.15) is 0 Å². The molecule has 0 heterocycles. The fourth-order valence-corrected chi connectivity index (χ4v) is 2.07. The summed E-state index contributed by atoms with van der Waals surface area (Å²) in [5.74, 6) is 0.234. The van der Waals surface area contributed by atoms with Crippen LogP contribution < -0.4 is 15.6 Å². The first-order chi connectivity index (χ1) is 11.0. The van der Waals surface area contributed by atoms with Crippen LogP contribution in [0.1, 0.15) is 16.7 Å². The third-order valence-corrected chi connectivity index (χ3v) is 3.35. The first-order valence-corrected chi connectivity index (χ1v) is 7.37. The van der Waals surface area contributed by atoms with Gasteiger partial charge in [0.25, 0.3) is 0 Å². The second-order valence-corrected chi connectivity index (χ2v) is 5.49. The summed E-state index contributed by atoms with van der Waals surface area (Å²) in [5, 5.41) is 3.03. The Labute approximate surface area is 139 Å². The Kier molecular flexibility index (Phi) is 5.60. The van der Waals surface area contributed by atoms with Crippen LogP contribution in [-0.4, -0.2) is 18.4 Å². The number of aryl methyl sites for hydroxylation is 2. The highest BCUT2D eigenvalue weighted by Gasteiger charge is 2.10. The molecule has 0 amide bonds. The first-order valence-electron chi connectivity index (χ1n) is 7.00. The van der Waals surface area contributed by atoms with Crippen molar-refractivity contribution in [3.05, 3.63) is 64.2 Å². The van der Waals surface area contributed by atoms with Crippen molar-refractivity contribution in [3.8, 4) is 5.75 Å². The molecule has 0 bridgehead atoms. The molecule has 0 fully saturated rings. The Balaban J connectivity index is 1.89. The van der Waals surface area contributed by atoms with E-state index in [1.165, 1.54) is 0 Å². The van der Waals surface area contributed by atoms with Crippen molar-refractivity contribution in [2.45, 2.75) is 13.8 Å². The minimum atomic E-state index is -0.589. The number of rotatable bonds is 5. The Morgan fingerprint density at radius 1 is 1.17 bits per heavy atom. The van der Waals surface area contributed by atoms with Crippen LogP contribution in [0.2, 0.25) is 5.02 Å². The van der Waals surface area contributed by atoms with Crippen molar-refractivity contribution >= 4 is 23.4 Å². The molecular weight excluding hydrogens is 316 g/mol. The number of benzene rings is 2. The Hall–Kier alpha value is -2.53. The zero-order valence-electron chi connectivity index (χ0n) is 12.9. The molecule has 0 saturated heterocycles. The molecule has 0 unspecified atom stereocenters. The molecule has 0 spiro atoms. The zero-order valence-corrected chi connectivity index (χ0v) is 13.7. The van der Waals surface area contributed by atoms with Crippen molar-refractivity contribution in [2.24, 2.45) is 5.73 Å². The van der Waals surface area contributed by atoms with Gasteiger partial charge in [-0.15, -0.1) is 0 Å². The fraction of sp³-hybridized carbons (Fsp3) is 0.176. The lowest BCUT2D eigenvalue weighted by Crippen LogP contribution is -2.76. The lowest BCUT2D eigenvalue weighted by atomic mass is 10.1. The summed E-state index contributed by atoms with van der Waals surface area (Å²) in [6.45, 7) is 3.58. The molecule has 23 heavy (non-hydrogen) atoms. The standard InChI is InChI=1S/C17H17ClN2O3/c1-11-3-5-13(6-4-11)17(19)20-23-16(21)10-22-15-8-7-14(18)9-12(15)2/h3-9H,10H2,1-2H3,(H2,19,20)/p+1. The van der Waals surface area contributed by atoms with Gasteiger partial charge in [0.05, 0.1) is 5.56 Å². The molecule has 0 saturated carbocycles. The zero-order chi connectivity index (χ0) is 16.8. The maximum Gasteiger partial charge on any atom is 0.394 e. The van der Waals surface area contributed by atoms with E-state index in [4.69, 9.17) is 26.9 Å². The van der Waals surface area contributed by atoms with Gasteiger partial charge < -0.3 is 4.74 Å². The van der Waals surface area contributed by atoms with Gasteiger partial charge >= 0.3 is 11.8 Å². The number of halogens is 1. The average molecular weight is 334 g/mol. The van der Waals surface area contributed by atoms with Crippen LogP contribution in [0.3, 0.4) is 0 Å². The van der Waals surface area contributed by atoms with E-state index < -0.39 is 5.97 Å². The van der Waals surface area contributed by atoms with Crippen LogP contribution >= 0.6 is 11.6 Å². The van der Waals surface area contributed by atoms with E-state index in [-0.39, 0.29) is 12.4 Å². The average Bonchev–Trinajstić information content (AvgIpc) is 2.52. The van der Waals surface area contributed by atoms with Gasteiger partial charge in [-0.25, -0.2) is 4.79 Å². The maximum absolute atomic E-state index is 11.7. The van der Waals surface area contributed by atoms with E-state index in [1.54, 1.807) is 18.2 Å². The number of hydrogen-bond donors (Lipinski definition) is 2. The van der Waals surface area contributed by atoms with Gasteiger partial charge in [0.1, 0.15) is 5.75 Å². The van der Waals surface area contributed by atoms with Crippen molar-refractivity contribution in [3.63, 3.8) is 0 Å². The largest absolute Gasteiger partial charge is 0.481 e. The van der Waals surface area contributed by atoms with E-state index in [2.05, 4.69) is 5.16 Å². The van der Waals surface area contributed by atoms with Crippen molar-refractivity contribution in [1.29, 1.82) is 0 Å². The molecule has 2 aromatic rings. The summed E-state index contributed by atoms with van der Waals surface area (Å²) >= 11 is 5.86. The molecule has 5 nitrogen and oxygen atoms in total. The van der Waals surface area contributed by atoms with Crippen molar-refractivity contribution < 1.29 is 19.5 Å². The lowest BCUT2D eigenvalue weighted by Gasteiger charge is -2.07. The quantitative estimate of drug-likeness (QED) is 0.374. The number of nitrogen functional groups attached to an aromatic ring is 1. The molecule has 2 aromatic carbocycles. The summed E-state index contributed by atoms with van der Waals surface area (Å²) in [4.78, 5) is 16.6. The molecule has 3 N–H and O–H groups in total. The van der Waals surface area contributed by atoms with Gasteiger partial charge in [0.15, 0.2) is 6.61 Å². The number of nitrogens with two attached hydrogens (primary N) is 1. The van der Waals surface area contributed by atoms with Crippen LogP contribution in [0.15, 0.2) is 42.5 Å². The second kappa shape index (κ2) is 7.65. The van der Waals surface area contributed by atoms with Gasteiger partial charge in [-0.3, -0.25) is 10.6 Å². The second-order valence-electron chi connectivity index (χ2n) is 5.05. The van der Waals surface area contributed by atoms with Crippen molar-refractivity contribution in [1.82, 2.24) is 0 Å². The summed E-state index contributed by atoms with van der Waals surface area (Å²) < 4.78 is 5.38. The molecule has 0 aliphatic carbocycles. The van der Waals surface area contributed by atoms with Crippen LogP contribution in [0, 0.1) is 13.8 Å². The number of carbonyl (C=O) groups is 1. The molecule has 0 aliphatic heterocycles. The van der Waals surface area contributed by atoms with Crippen LogP contribution in [0.5, 0.6) is 5.75 Å². The highest BCUT2D eigenvalue weighted by molar-refractivity contribution is 6.30. The predicted octanol–water partition coefficient (Wildman–Crippen LogP) is 1.28. The molecule has 0 aliphatic rings. The Morgan fingerprint density at radius 3 is 2.52 bits per heavy atom. The molecule has 0 aromatic heterocycles. The van der Waals surface area contributed by atoms with E-state index in [1.807, 2.05) is 38.1 Å². The fourth-order valence-electron chi connectivity index (χ4n) is 1.84. The van der Waals surface area contributed by atoms with Gasteiger partial charge in [0, 0.05) is 5.02 Å². The molecular formula is C17H18ClN2O3+. The number of ether oxygens (including phenoxy) is 1. The van der Waals surface area contributed by atoms with Crippen LogP contribution in [-0.2, 0) is 9.63 Å². The van der Waals surface area contributed by atoms with Crippen LogP contribution in [0.25, 0.3) is 0 Å². The number of carbonyl (C=O) groups excluding carboxylic acids is 1. The molecule has 2 rings (SSSR count). The van der Waals surface area contributed by atoms with Crippen molar-refractivity contribution in [2.75, 3.05) is 6.61 Å². The minimum absolute atomic E-state index is 0.239. The maximum atomic E-state index is 11.7. The predicted molar refractivity (Wildman–Crippen MR) is 88.2 cm³/mol. The summed E-state index contributed by atoms with van der Waals surface area (Å²) in [6, 6.07) is 12.6. The topological polar surface area (TPSA) is 75.5 Å². The van der Waals surface area contributed by atoms with E-state index >= 15 is 0 Å². The third kappa shape index (κ3) is 5.00. The molecule has 0 radical (unpaired) electrons. The first kappa shape index (κ1) is 16.8. The Bertz CT molecular complexity index is 727. The molecule has 120 valence electrons. The number of hydrogen-bond acceptors (Lipinski definition) is 3. The third-order valence-electron chi connectivity index (χ3n) is 3.12. The van der Waals surface area contributed by atoms with E-state index in [9.17, 15) is 4.79 Å². The number of amidine groups is 1. The van der Waals surface area contributed by atoms with Gasteiger partial charge in [0.2, 0.25) is 0 Å². The smallest absolute Gasteiger partial charge is 0.394 e. The van der Waals surface area contributed by atoms with E-state index in [0.29, 0.717) is 10.8 Å². The normalized spacial score (nSPS) is 11.2. The van der Waals surface area contributed by atoms with Crippen LogP contribution in [0.4, 0.5) is 0 Å². The highest BCUT2D eigenvalue weighted by Crippen LogP contribution is 2.21. The van der Waals surface area contributed by atoms with Gasteiger partial charge in [-0.1, -0.05) is 34.5 Å². The molecule has 0 atom stereocenters. The summed E-state index contributed by atoms with van der Waals surface area (Å²) in [7, 11) is 0. The Morgan fingerprint density at radius 2 is 1.87 bits per heavy atom. The highest BCUT2D eigenvalue weighted by atomic mass is 35.5. The number of nitrogens with one attached hydrogen (secondary N) is 1. The summed E-state index contributed by atoms with van der Waals surface area (Å²) in [5.41, 5.74) is 8.50. The summed E-state index contributed by atoms with van der Waals surface area (Å²) in [6.07, 6.45) is 0. The monoisotopic (exact) mass is 333 g/mol. The molecule has 6 heteroatoms. The lowest BCUT2D eigenvalue weighted by molar-refractivity contribution is -0.724. The van der Waals surface area contributed by atoms with E-state index in [0.717, 1.165) is 16.7 Å².